The lowest BCUT2D eigenvalue weighted by Gasteiger charge is -2.27. The molecule has 1 saturated carbocycles. The van der Waals surface area contributed by atoms with Gasteiger partial charge in [-0.05, 0) is 36.3 Å². The zero-order chi connectivity index (χ0) is 12.8. The van der Waals surface area contributed by atoms with Crippen molar-refractivity contribution in [3.05, 3.63) is 29.8 Å². The maximum Gasteiger partial charge on any atom is 0.0405 e. The first-order valence-corrected chi connectivity index (χ1v) is 7.15. The minimum absolute atomic E-state index is 0.214. The van der Waals surface area contributed by atoms with Crippen molar-refractivity contribution in [2.75, 3.05) is 24.5 Å². The van der Waals surface area contributed by atoms with Crippen LogP contribution < -0.4 is 10.6 Å². The molecule has 1 aromatic rings. The molecule has 98 valence electrons. The van der Waals surface area contributed by atoms with E-state index in [-0.39, 0.29) is 5.41 Å². The van der Waals surface area contributed by atoms with Crippen molar-refractivity contribution in [2.24, 2.45) is 11.1 Å². The molecular formula is C16H24N2. The zero-order valence-corrected chi connectivity index (χ0v) is 11.6. The van der Waals surface area contributed by atoms with Crippen molar-refractivity contribution >= 4 is 5.69 Å². The van der Waals surface area contributed by atoms with E-state index in [0.29, 0.717) is 5.41 Å². The second-order valence-electron chi connectivity index (χ2n) is 6.56. The Hall–Kier alpha value is -1.02. The number of nitrogens with two attached hydrogens (primary N) is 1. The van der Waals surface area contributed by atoms with Gasteiger partial charge in [-0.25, -0.2) is 0 Å². The van der Waals surface area contributed by atoms with E-state index in [2.05, 4.69) is 43.0 Å². The van der Waals surface area contributed by atoms with Gasteiger partial charge in [-0.15, -0.1) is 0 Å². The van der Waals surface area contributed by atoms with Gasteiger partial charge in [0.1, 0.15) is 0 Å². The standard InChI is InChI=1S/C16H24N2/c1-15(2)11-16(15,12-17)13-7-3-4-8-14(13)18-9-5-6-10-18/h3-4,7-8H,5-6,9-12,17H2,1-2H3. The van der Waals surface area contributed by atoms with E-state index in [1.54, 1.807) is 0 Å². The maximum absolute atomic E-state index is 6.13. The highest BCUT2D eigenvalue weighted by atomic mass is 15.1. The fourth-order valence-electron chi connectivity index (χ4n) is 3.74. The van der Waals surface area contributed by atoms with Crippen LogP contribution in [0.15, 0.2) is 24.3 Å². The van der Waals surface area contributed by atoms with Gasteiger partial charge in [-0.3, -0.25) is 0 Å². The van der Waals surface area contributed by atoms with E-state index < -0.39 is 0 Å². The number of nitrogens with zero attached hydrogens (tertiary/aromatic N) is 1. The van der Waals surface area contributed by atoms with Crippen molar-refractivity contribution in [1.29, 1.82) is 0 Å². The third-order valence-corrected chi connectivity index (χ3v) is 5.13. The van der Waals surface area contributed by atoms with Gasteiger partial charge in [0.2, 0.25) is 0 Å². The van der Waals surface area contributed by atoms with Crippen LogP contribution in [0.5, 0.6) is 0 Å². The Bertz CT molecular complexity index is 446. The summed E-state index contributed by atoms with van der Waals surface area (Å²) in [4.78, 5) is 2.54. The van der Waals surface area contributed by atoms with Gasteiger partial charge in [0, 0.05) is 30.7 Å². The van der Waals surface area contributed by atoms with Gasteiger partial charge in [0.15, 0.2) is 0 Å². The molecule has 0 radical (unpaired) electrons. The number of anilines is 1. The number of para-hydroxylation sites is 1. The molecule has 0 bridgehead atoms. The van der Waals surface area contributed by atoms with Crippen LogP contribution >= 0.6 is 0 Å². The summed E-state index contributed by atoms with van der Waals surface area (Å²) in [6.45, 7) is 7.88. The van der Waals surface area contributed by atoms with Crippen LogP contribution in [0, 0.1) is 5.41 Å². The van der Waals surface area contributed by atoms with E-state index in [0.717, 1.165) is 6.54 Å². The van der Waals surface area contributed by atoms with Gasteiger partial charge < -0.3 is 10.6 Å². The van der Waals surface area contributed by atoms with E-state index in [9.17, 15) is 0 Å². The van der Waals surface area contributed by atoms with E-state index >= 15 is 0 Å². The van der Waals surface area contributed by atoms with Gasteiger partial charge in [-0.2, -0.15) is 0 Å². The first-order chi connectivity index (χ1) is 8.61. The summed E-state index contributed by atoms with van der Waals surface area (Å²) in [5.41, 5.74) is 9.62. The van der Waals surface area contributed by atoms with Crippen LogP contribution in [0.1, 0.15) is 38.7 Å². The number of hydrogen-bond donors (Lipinski definition) is 1. The van der Waals surface area contributed by atoms with Crippen molar-refractivity contribution in [3.8, 4) is 0 Å². The highest BCUT2D eigenvalue weighted by Gasteiger charge is 2.61. The Kier molecular flexibility index (Phi) is 2.67. The highest BCUT2D eigenvalue weighted by Crippen LogP contribution is 2.65. The lowest BCUT2D eigenvalue weighted by Crippen LogP contribution is -2.29. The quantitative estimate of drug-likeness (QED) is 0.886. The van der Waals surface area contributed by atoms with Gasteiger partial charge in [0.25, 0.3) is 0 Å². The molecule has 1 aliphatic carbocycles. The summed E-state index contributed by atoms with van der Waals surface area (Å²) in [7, 11) is 0. The molecule has 2 aliphatic rings. The van der Waals surface area contributed by atoms with Crippen LogP contribution in [-0.2, 0) is 5.41 Å². The average Bonchev–Trinajstić information content (AvgIpc) is 2.78. The lowest BCUT2D eigenvalue weighted by molar-refractivity contribution is 0.502. The molecule has 2 fully saturated rings. The fraction of sp³-hybridized carbons (Fsp3) is 0.625. The first-order valence-electron chi connectivity index (χ1n) is 7.15. The molecular weight excluding hydrogens is 220 g/mol. The predicted octanol–water partition coefficient (Wildman–Crippen LogP) is 2.91. The first kappa shape index (κ1) is 12.0. The van der Waals surface area contributed by atoms with Gasteiger partial charge >= 0.3 is 0 Å². The molecule has 2 nitrogen and oxygen atoms in total. The molecule has 1 saturated heterocycles. The van der Waals surface area contributed by atoms with Crippen LogP contribution in [0.3, 0.4) is 0 Å². The second kappa shape index (κ2) is 3.99. The maximum atomic E-state index is 6.13. The van der Waals surface area contributed by atoms with Gasteiger partial charge in [-0.1, -0.05) is 32.0 Å². The molecule has 0 aromatic heterocycles. The van der Waals surface area contributed by atoms with Crippen molar-refractivity contribution in [2.45, 2.75) is 38.5 Å². The summed E-state index contributed by atoms with van der Waals surface area (Å²) in [6, 6.07) is 8.92. The fourth-order valence-corrected chi connectivity index (χ4v) is 3.74. The molecule has 0 spiro atoms. The number of benzene rings is 1. The summed E-state index contributed by atoms with van der Waals surface area (Å²) >= 11 is 0. The van der Waals surface area contributed by atoms with Crippen LogP contribution in [0.2, 0.25) is 0 Å². The van der Waals surface area contributed by atoms with Crippen LogP contribution in [-0.4, -0.2) is 19.6 Å². The summed E-state index contributed by atoms with van der Waals surface area (Å²) < 4.78 is 0. The molecule has 2 heteroatoms. The average molecular weight is 244 g/mol. The summed E-state index contributed by atoms with van der Waals surface area (Å²) in [5, 5.41) is 0. The molecule has 1 aliphatic heterocycles. The molecule has 1 atom stereocenters. The Labute approximate surface area is 110 Å². The molecule has 1 heterocycles. The third kappa shape index (κ3) is 1.58. The SMILES string of the molecule is CC1(C)CC1(CN)c1ccccc1N1CCCC1. The Morgan fingerprint density at radius 3 is 2.33 bits per heavy atom. The minimum Gasteiger partial charge on any atom is -0.371 e. The normalized spacial score (nSPS) is 29.6. The molecule has 1 unspecified atom stereocenters. The zero-order valence-electron chi connectivity index (χ0n) is 11.6. The van der Waals surface area contributed by atoms with Crippen LogP contribution in [0.4, 0.5) is 5.69 Å². The van der Waals surface area contributed by atoms with Gasteiger partial charge in [0.05, 0.1) is 0 Å². The van der Waals surface area contributed by atoms with Crippen molar-refractivity contribution in [3.63, 3.8) is 0 Å². The Morgan fingerprint density at radius 2 is 1.78 bits per heavy atom. The Morgan fingerprint density at radius 1 is 1.17 bits per heavy atom. The summed E-state index contributed by atoms with van der Waals surface area (Å²) in [5.74, 6) is 0. The summed E-state index contributed by atoms with van der Waals surface area (Å²) in [6.07, 6.45) is 3.88. The van der Waals surface area contributed by atoms with Crippen molar-refractivity contribution < 1.29 is 0 Å². The predicted molar refractivity (Wildman–Crippen MR) is 77.0 cm³/mol. The van der Waals surface area contributed by atoms with Crippen molar-refractivity contribution in [1.82, 2.24) is 0 Å². The number of rotatable bonds is 3. The van der Waals surface area contributed by atoms with E-state index in [1.165, 1.54) is 43.6 Å². The second-order valence-corrected chi connectivity index (χ2v) is 6.56. The lowest BCUT2D eigenvalue weighted by atomic mass is 9.86. The Balaban J connectivity index is 2.02. The minimum atomic E-state index is 0.214. The number of hydrogen-bond acceptors (Lipinski definition) is 2. The molecule has 3 rings (SSSR count). The molecule has 0 amide bonds. The largest absolute Gasteiger partial charge is 0.371 e. The molecule has 18 heavy (non-hydrogen) atoms. The third-order valence-electron chi connectivity index (χ3n) is 5.13. The van der Waals surface area contributed by atoms with Crippen LogP contribution in [0.25, 0.3) is 0 Å². The highest BCUT2D eigenvalue weighted by molar-refractivity contribution is 5.60. The smallest absolute Gasteiger partial charge is 0.0405 e. The topological polar surface area (TPSA) is 29.3 Å². The molecule has 2 N–H and O–H groups in total. The van der Waals surface area contributed by atoms with E-state index in [4.69, 9.17) is 5.73 Å². The van der Waals surface area contributed by atoms with E-state index in [1.807, 2.05) is 0 Å². The molecule has 1 aromatic carbocycles. The monoisotopic (exact) mass is 244 g/mol.